The summed E-state index contributed by atoms with van der Waals surface area (Å²) in [5.41, 5.74) is 2.19. The summed E-state index contributed by atoms with van der Waals surface area (Å²) in [5, 5.41) is 0. The van der Waals surface area contributed by atoms with E-state index in [-0.39, 0.29) is 5.97 Å². The second-order valence-electron chi connectivity index (χ2n) is 7.17. The van der Waals surface area contributed by atoms with Crippen LogP contribution in [0.2, 0.25) is 0 Å². The highest BCUT2D eigenvalue weighted by Gasteiger charge is 2.19. The maximum atomic E-state index is 12.2. The Labute approximate surface area is 146 Å². The van der Waals surface area contributed by atoms with Gasteiger partial charge in [-0.2, -0.15) is 0 Å². The van der Waals surface area contributed by atoms with Crippen molar-refractivity contribution in [1.29, 1.82) is 0 Å². The van der Waals surface area contributed by atoms with Crippen LogP contribution < -0.4 is 0 Å². The lowest BCUT2D eigenvalue weighted by atomic mass is 9.88. The predicted octanol–water partition coefficient (Wildman–Crippen LogP) is 5.46. The van der Waals surface area contributed by atoms with E-state index in [9.17, 15) is 4.79 Å². The van der Waals surface area contributed by atoms with Crippen molar-refractivity contribution in [2.75, 3.05) is 7.11 Å². The normalized spacial score (nSPS) is 19.0. The van der Waals surface area contributed by atoms with Crippen molar-refractivity contribution in [3.8, 4) is 0 Å². The zero-order chi connectivity index (χ0) is 17.5. The largest absolute Gasteiger partial charge is 0.501 e. The van der Waals surface area contributed by atoms with Gasteiger partial charge in [0.2, 0.25) is 0 Å². The van der Waals surface area contributed by atoms with Gasteiger partial charge in [0, 0.05) is 18.4 Å². The van der Waals surface area contributed by atoms with Gasteiger partial charge in [0.25, 0.3) is 0 Å². The molecule has 0 fully saturated rings. The second kappa shape index (κ2) is 8.91. The van der Waals surface area contributed by atoms with Crippen molar-refractivity contribution >= 4 is 5.97 Å². The summed E-state index contributed by atoms with van der Waals surface area (Å²) in [6.45, 7) is 6.83. The maximum Gasteiger partial charge on any atom is 0.339 e. The van der Waals surface area contributed by atoms with Crippen LogP contribution in [0.5, 0.6) is 0 Å². The highest BCUT2D eigenvalue weighted by molar-refractivity contribution is 5.89. The average molecular weight is 330 g/mol. The number of methoxy groups -OCH3 is 1. The minimum Gasteiger partial charge on any atom is -0.501 e. The standard InChI is InChI=1S/C21H30O3/c1-15(2)5-6-16(3)17-7-13-20(14-8-17)24-21(22)18-9-11-19(23-4)12-10-18/h7,9,11,13,15-16H,5-6,8,10,12,14H2,1-4H3. The quantitative estimate of drug-likeness (QED) is 0.582. The Balaban J connectivity index is 1.89. The molecule has 0 aromatic heterocycles. The van der Waals surface area contributed by atoms with Gasteiger partial charge >= 0.3 is 5.97 Å². The first-order valence-electron chi connectivity index (χ1n) is 9.05. The molecule has 132 valence electrons. The van der Waals surface area contributed by atoms with E-state index in [1.54, 1.807) is 7.11 Å². The molecule has 24 heavy (non-hydrogen) atoms. The SMILES string of the molecule is COC1=CC=C(C(=O)OC2=CC=C(C(C)CCC(C)C)CC2)CC1. The number of hydrogen-bond donors (Lipinski definition) is 0. The Kier molecular flexibility index (Phi) is 6.89. The van der Waals surface area contributed by atoms with Gasteiger partial charge in [-0.05, 0) is 49.3 Å². The van der Waals surface area contributed by atoms with Crippen LogP contribution >= 0.6 is 0 Å². The molecule has 1 atom stereocenters. The maximum absolute atomic E-state index is 12.2. The highest BCUT2D eigenvalue weighted by Crippen LogP contribution is 2.29. The number of allylic oxidation sites excluding steroid dienone is 7. The van der Waals surface area contributed by atoms with Crippen molar-refractivity contribution in [2.45, 2.75) is 59.3 Å². The number of carbonyl (C=O) groups excluding carboxylic acids is 1. The number of esters is 1. The van der Waals surface area contributed by atoms with E-state index in [2.05, 4.69) is 26.8 Å². The van der Waals surface area contributed by atoms with Crippen LogP contribution in [-0.4, -0.2) is 13.1 Å². The van der Waals surface area contributed by atoms with Gasteiger partial charge in [-0.25, -0.2) is 4.79 Å². The first-order valence-corrected chi connectivity index (χ1v) is 9.05. The minimum absolute atomic E-state index is 0.225. The Hall–Kier alpha value is -1.77. The molecule has 0 saturated heterocycles. The van der Waals surface area contributed by atoms with E-state index in [0.717, 1.165) is 42.3 Å². The monoisotopic (exact) mass is 330 g/mol. The molecule has 0 radical (unpaired) electrons. The highest BCUT2D eigenvalue weighted by atomic mass is 16.5. The van der Waals surface area contributed by atoms with Crippen LogP contribution in [0.4, 0.5) is 0 Å². The number of rotatable bonds is 7. The lowest BCUT2D eigenvalue weighted by Gasteiger charge is -2.21. The van der Waals surface area contributed by atoms with Crippen molar-refractivity contribution in [1.82, 2.24) is 0 Å². The van der Waals surface area contributed by atoms with Crippen LogP contribution in [0.25, 0.3) is 0 Å². The molecular weight excluding hydrogens is 300 g/mol. The van der Waals surface area contributed by atoms with Crippen LogP contribution in [0, 0.1) is 11.8 Å². The Morgan fingerprint density at radius 1 is 0.958 bits per heavy atom. The fourth-order valence-corrected chi connectivity index (χ4v) is 3.04. The molecule has 0 N–H and O–H groups in total. The van der Waals surface area contributed by atoms with Crippen molar-refractivity contribution < 1.29 is 14.3 Å². The molecule has 1 unspecified atom stereocenters. The number of hydrogen-bond acceptors (Lipinski definition) is 3. The third kappa shape index (κ3) is 5.40. The zero-order valence-electron chi connectivity index (χ0n) is 15.4. The molecule has 2 rings (SSSR count). The summed E-state index contributed by atoms with van der Waals surface area (Å²) in [6.07, 6.45) is 13.5. The van der Waals surface area contributed by atoms with Crippen molar-refractivity contribution in [3.63, 3.8) is 0 Å². The summed E-state index contributed by atoms with van der Waals surface area (Å²) in [5.74, 6) is 2.82. The fourth-order valence-electron chi connectivity index (χ4n) is 3.04. The summed E-state index contributed by atoms with van der Waals surface area (Å²) in [6, 6.07) is 0. The molecular formula is C21H30O3. The minimum atomic E-state index is -0.225. The number of ether oxygens (including phenoxy) is 2. The second-order valence-corrected chi connectivity index (χ2v) is 7.17. The molecule has 0 amide bonds. The molecule has 0 aromatic carbocycles. The molecule has 2 aliphatic carbocycles. The Bertz CT molecular complexity index is 576. The van der Waals surface area contributed by atoms with E-state index in [0.29, 0.717) is 12.3 Å². The molecule has 3 nitrogen and oxygen atoms in total. The first-order chi connectivity index (χ1) is 11.5. The third-order valence-corrected chi connectivity index (χ3v) is 4.81. The van der Waals surface area contributed by atoms with E-state index in [1.807, 2.05) is 18.2 Å². The van der Waals surface area contributed by atoms with E-state index in [4.69, 9.17) is 9.47 Å². The Morgan fingerprint density at radius 3 is 2.21 bits per heavy atom. The molecule has 0 aromatic rings. The predicted molar refractivity (Wildman–Crippen MR) is 97.1 cm³/mol. The first kappa shape index (κ1) is 18.6. The van der Waals surface area contributed by atoms with Gasteiger partial charge in [0.15, 0.2) is 0 Å². The van der Waals surface area contributed by atoms with Gasteiger partial charge in [0.05, 0.1) is 12.9 Å². The van der Waals surface area contributed by atoms with Gasteiger partial charge in [-0.3, -0.25) is 0 Å². The molecule has 3 heteroatoms. The van der Waals surface area contributed by atoms with Gasteiger partial charge in [-0.1, -0.05) is 38.8 Å². The van der Waals surface area contributed by atoms with Gasteiger partial charge in [-0.15, -0.1) is 0 Å². The van der Waals surface area contributed by atoms with Gasteiger partial charge < -0.3 is 9.47 Å². The lowest BCUT2D eigenvalue weighted by Crippen LogP contribution is -2.12. The summed E-state index contributed by atoms with van der Waals surface area (Å²) in [4.78, 5) is 12.2. The fraction of sp³-hybridized carbons (Fsp3) is 0.571. The summed E-state index contributed by atoms with van der Waals surface area (Å²) < 4.78 is 10.7. The molecule has 0 saturated carbocycles. The zero-order valence-corrected chi connectivity index (χ0v) is 15.4. The van der Waals surface area contributed by atoms with E-state index in [1.165, 1.54) is 18.4 Å². The topological polar surface area (TPSA) is 35.5 Å². The molecule has 0 aliphatic heterocycles. The van der Waals surface area contributed by atoms with E-state index < -0.39 is 0 Å². The third-order valence-electron chi connectivity index (χ3n) is 4.81. The Morgan fingerprint density at radius 2 is 1.67 bits per heavy atom. The van der Waals surface area contributed by atoms with Crippen molar-refractivity contribution in [3.05, 3.63) is 47.0 Å². The van der Waals surface area contributed by atoms with Crippen LogP contribution in [0.3, 0.4) is 0 Å². The van der Waals surface area contributed by atoms with E-state index >= 15 is 0 Å². The smallest absolute Gasteiger partial charge is 0.339 e. The summed E-state index contributed by atoms with van der Waals surface area (Å²) in [7, 11) is 1.65. The van der Waals surface area contributed by atoms with Crippen molar-refractivity contribution in [2.24, 2.45) is 11.8 Å². The van der Waals surface area contributed by atoms with Crippen LogP contribution in [-0.2, 0) is 14.3 Å². The van der Waals surface area contributed by atoms with Crippen LogP contribution in [0.15, 0.2) is 47.0 Å². The number of carbonyl (C=O) groups is 1. The molecule has 0 heterocycles. The average Bonchev–Trinajstić information content (AvgIpc) is 2.60. The summed E-state index contributed by atoms with van der Waals surface area (Å²) >= 11 is 0. The molecule has 0 bridgehead atoms. The molecule has 0 spiro atoms. The van der Waals surface area contributed by atoms with Crippen LogP contribution in [0.1, 0.15) is 59.3 Å². The van der Waals surface area contributed by atoms with Gasteiger partial charge in [0.1, 0.15) is 5.76 Å². The lowest BCUT2D eigenvalue weighted by molar-refractivity contribution is -0.135. The molecule has 2 aliphatic rings.